The van der Waals surface area contributed by atoms with Gasteiger partial charge in [0.05, 0.1) is 29.5 Å². The van der Waals surface area contributed by atoms with Crippen LogP contribution in [0.1, 0.15) is 52.1 Å². The molecule has 1 aliphatic carbocycles. The third-order valence-corrected chi connectivity index (χ3v) is 7.47. The zero-order valence-corrected chi connectivity index (χ0v) is 17.3. The van der Waals surface area contributed by atoms with Crippen LogP contribution in [0, 0.1) is 0 Å². The number of rotatable bonds is 2. The molecule has 3 aliphatic heterocycles. The first-order chi connectivity index (χ1) is 12.3. The summed E-state index contributed by atoms with van der Waals surface area (Å²) in [5.41, 5.74) is 1.54. The molecule has 2 saturated heterocycles. The third-order valence-electron chi connectivity index (χ3n) is 7.04. The number of carbonyl (C=O) groups is 1. The van der Waals surface area contributed by atoms with Crippen LogP contribution in [0.25, 0.3) is 0 Å². The number of aromatic nitrogens is 1. The minimum atomic E-state index is -0.542. The molecule has 26 heavy (non-hydrogen) atoms. The highest BCUT2D eigenvalue weighted by Gasteiger charge is 2.56. The normalized spacial score (nSPS) is 38.4. The van der Waals surface area contributed by atoms with E-state index in [2.05, 4.69) is 38.8 Å². The zero-order valence-electron chi connectivity index (χ0n) is 15.7. The second-order valence-electron chi connectivity index (χ2n) is 9.21. The van der Waals surface area contributed by atoms with Gasteiger partial charge in [0.1, 0.15) is 0 Å². The molecule has 1 amide bonds. The smallest absolute Gasteiger partial charge is 0.239 e. The Morgan fingerprint density at radius 2 is 2.04 bits per heavy atom. The molecule has 4 heterocycles. The van der Waals surface area contributed by atoms with Gasteiger partial charge in [-0.3, -0.25) is 14.7 Å². The fraction of sp³-hybridized carbons (Fsp3) is 0.700. The van der Waals surface area contributed by atoms with Crippen molar-refractivity contribution in [1.29, 1.82) is 0 Å². The van der Waals surface area contributed by atoms with E-state index >= 15 is 0 Å². The number of amides is 1. The molecule has 1 saturated carbocycles. The molecule has 3 fully saturated rings. The van der Waals surface area contributed by atoms with Gasteiger partial charge in [0.25, 0.3) is 0 Å². The summed E-state index contributed by atoms with van der Waals surface area (Å²) in [5.74, 6) is 0.188. The first-order valence-electron chi connectivity index (χ1n) is 9.68. The summed E-state index contributed by atoms with van der Waals surface area (Å²) in [6, 6.07) is 2.89. The Bertz CT molecular complexity index is 774. The molecular weight excluding hydrogens is 394 g/mol. The number of piperidine rings is 1. The summed E-state index contributed by atoms with van der Waals surface area (Å²) in [5, 5.41) is 0. The van der Waals surface area contributed by atoms with Crippen molar-refractivity contribution in [3.63, 3.8) is 0 Å². The number of halogens is 1. The molecule has 1 aromatic heterocycles. The van der Waals surface area contributed by atoms with Crippen LogP contribution in [-0.2, 0) is 14.9 Å². The first-order valence-corrected chi connectivity index (χ1v) is 10.5. The van der Waals surface area contributed by atoms with Crippen molar-refractivity contribution in [1.82, 2.24) is 9.88 Å². The van der Waals surface area contributed by atoms with Crippen molar-refractivity contribution in [2.45, 2.75) is 75.6 Å². The molecule has 4 aliphatic rings. The molecule has 0 radical (unpaired) electrons. The molecule has 2 atom stereocenters. The average molecular weight is 420 g/mol. The topological polar surface area (TPSA) is 45.7 Å². The standard InChI is InChI=1S/C20H26BrN3O2/c1-19(2)17-16(6-12(21)10-22-17)24(18(19)25)14-8-20(3,9-14)23-5-4-15-7-13(23)11-26-15/h6,10,13-15H,4-5,7-9,11H2,1-3H3/t13?,14-,15?,20+. The fourth-order valence-electron chi connectivity index (χ4n) is 5.62. The summed E-state index contributed by atoms with van der Waals surface area (Å²) in [4.78, 5) is 22.5. The van der Waals surface area contributed by atoms with E-state index in [9.17, 15) is 4.79 Å². The van der Waals surface area contributed by atoms with Gasteiger partial charge in [0, 0.05) is 34.8 Å². The van der Waals surface area contributed by atoms with Gasteiger partial charge in [-0.05, 0) is 68.5 Å². The van der Waals surface area contributed by atoms with E-state index < -0.39 is 5.41 Å². The Morgan fingerprint density at radius 3 is 2.81 bits per heavy atom. The number of hydrogen-bond acceptors (Lipinski definition) is 4. The summed E-state index contributed by atoms with van der Waals surface area (Å²) in [7, 11) is 0. The molecule has 1 aromatic rings. The Kier molecular flexibility index (Phi) is 3.64. The number of fused-ring (bicyclic) bond motifs is 3. The molecule has 0 aromatic carbocycles. The highest BCUT2D eigenvalue weighted by Crippen LogP contribution is 2.50. The quantitative estimate of drug-likeness (QED) is 0.737. The third kappa shape index (κ3) is 2.28. The maximum Gasteiger partial charge on any atom is 0.239 e. The van der Waals surface area contributed by atoms with Crippen molar-refractivity contribution in [3.8, 4) is 0 Å². The Morgan fingerprint density at radius 1 is 1.27 bits per heavy atom. The van der Waals surface area contributed by atoms with E-state index in [0.717, 1.165) is 48.3 Å². The second-order valence-corrected chi connectivity index (χ2v) is 10.1. The minimum absolute atomic E-state index is 0.181. The molecule has 0 N–H and O–H groups in total. The molecule has 0 spiro atoms. The van der Waals surface area contributed by atoms with Gasteiger partial charge in [-0.2, -0.15) is 0 Å². The van der Waals surface area contributed by atoms with Crippen LogP contribution in [0.3, 0.4) is 0 Å². The molecule has 2 unspecified atom stereocenters. The summed E-state index contributed by atoms with van der Waals surface area (Å²) >= 11 is 3.52. The van der Waals surface area contributed by atoms with Gasteiger partial charge in [0.2, 0.25) is 5.91 Å². The van der Waals surface area contributed by atoms with Gasteiger partial charge in [-0.25, -0.2) is 0 Å². The van der Waals surface area contributed by atoms with Crippen molar-refractivity contribution in [2.24, 2.45) is 0 Å². The Balaban J connectivity index is 1.39. The van der Waals surface area contributed by atoms with E-state index in [1.807, 2.05) is 18.7 Å². The molecule has 2 bridgehead atoms. The number of ether oxygens (including phenoxy) is 1. The van der Waals surface area contributed by atoms with Crippen LogP contribution in [0.15, 0.2) is 16.7 Å². The zero-order chi connectivity index (χ0) is 18.3. The number of likely N-dealkylation sites (tertiary alicyclic amines) is 1. The van der Waals surface area contributed by atoms with Crippen LogP contribution in [0.2, 0.25) is 0 Å². The van der Waals surface area contributed by atoms with E-state index in [-0.39, 0.29) is 17.5 Å². The van der Waals surface area contributed by atoms with Gasteiger partial charge in [-0.15, -0.1) is 0 Å². The van der Waals surface area contributed by atoms with E-state index in [4.69, 9.17) is 4.74 Å². The molecular formula is C20H26BrN3O2. The maximum absolute atomic E-state index is 13.2. The number of carbonyl (C=O) groups excluding carboxylic acids is 1. The molecule has 5 rings (SSSR count). The van der Waals surface area contributed by atoms with Crippen LogP contribution >= 0.6 is 15.9 Å². The minimum Gasteiger partial charge on any atom is -0.376 e. The largest absolute Gasteiger partial charge is 0.376 e. The van der Waals surface area contributed by atoms with Crippen molar-refractivity contribution in [2.75, 3.05) is 18.1 Å². The van der Waals surface area contributed by atoms with Crippen molar-refractivity contribution < 1.29 is 9.53 Å². The lowest BCUT2D eigenvalue weighted by molar-refractivity contribution is -0.124. The van der Waals surface area contributed by atoms with Crippen LogP contribution in [-0.4, -0.2) is 52.7 Å². The lowest BCUT2D eigenvalue weighted by atomic mass is 9.70. The van der Waals surface area contributed by atoms with Gasteiger partial charge in [-0.1, -0.05) is 0 Å². The van der Waals surface area contributed by atoms with Crippen LogP contribution in [0.4, 0.5) is 5.69 Å². The summed E-state index contributed by atoms with van der Waals surface area (Å²) in [6.07, 6.45) is 6.66. The summed E-state index contributed by atoms with van der Waals surface area (Å²) in [6.45, 7) is 8.36. The van der Waals surface area contributed by atoms with Crippen molar-refractivity contribution in [3.05, 3.63) is 22.4 Å². The Labute approximate surface area is 163 Å². The number of pyridine rings is 1. The van der Waals surface area contributed by atoms with E-state index in [1.54, 1.807) is 6.20 Å². The number of hydrogen-bond donors (Lipinski definition) is 0. The SMILES string of the molecule is CC1(C)C(=O)N([C@H]2C[C@@](C)(N3CCC4CC3CO4)C2)c2cc(Br)cnc21. The highest BCUT2D eigenvalue weighted by atomic mass is 79.9. The highest BCUT2D eigenvalue weighted by molar-refractivity contribution is 9.10. The first kappa shape index (κ1) is 17.1. The predicted octanol–water partition coefficient (Wildman–Crippen LogP) is 3.25. The molecule has 5 nitrogen and oxygen atoms in total. The summed E-state index contributed by atoms with van der Waals surface area (Å²) < 4.78 is 6.81. The molecule has 140 valence electrons. The molecule has 6 heteroatoms. The van der Waals surface area contributed by atoms with E-state index in [0.29, 0.717) is 12.1 Å². The predicted molar refractivity (Wildman–Crippen MR) is 103 cm³/mol. The maximum atomic E-state index is 13.2. The Hall–Kier alpha value is -0.980. The van der Waals surface area contributed by atoms with Crippen LogP contribution in [0.5, 0.6) is 0 Å². The van der Waals surface area contributed by atoms with Crippen molar-refractivity contribution >= 4 is 27.5 Å². The van der Waals surface area contributed by atoms with Gasteiger partial charge >= 0.3 is 0 Å². The number of nitrogens with zero attached hydrogens (tertiary/aromatic N) is 3. The van der Waals surface area contributed by atoms with Gasteiger partial charge in [0.15, 0.2) is 0 Å². The van der Waals surface area contributed by atoms with Gasteiger partial charge < -0.3 is 9.64 Å². The lowest BCUT2D eigenvalue weighted by Gasteiger charge is -2.57. The monoisotopic (exact) mass is 419 g/mol. The lowest BCUT2D eigenvalue weighted by Crippen LogP contribution is -2.66. The number of anilines is 1. The fourth-order valence-corrected chi connectivity index (χ4v) is 5.94. The average Bonchev–Trinajstić information content (AvgIpc) is 3.01. The second kappa shape index (κ2) is 5.52. The van der Waals surface area contributed by atoms with Crippen LogP contribution < -0.4 is 4.90 Å². The van der Waals surface area contributed by atoms with E-state index in [1.165, 1.54) is 6.42 Å².